The van der Waals surface area contributed by atoms with E-state index in [1.807, 2.05) is 38.2 Å². The molecule has 0 aromatic heterocycles. The van der Waals surface area contributed by atoms with E-state index in [0.29, 0.717) is 19.7 Å². The van der Waals surface area contributed by atoms with Crippen molar-refractivity contribution in [2.75, 3.05) is 20.2 Å². The molecule has 1 aliphatic carbocycles. The quantitative estimate of drug-likeness (QED) is 0.866. The van der Waals surface area contributed by atoms with Crippen LogP contribution in [0.2, 0.25) is 0 Å². The van der Waals surface area contributed by atoms with Crippen molar-refractivity contribution in [1.29, 1.82) is 0 Å². The van der Waals surface area contributed by atoms with E-state index in [-0.39, 0.29) is 11.3 Å². The number of nitrogens with two attached hydrogens (primary N) is 1. The van der Waals surface area contributed by atoms with Gasteiger partial charge in [0, 0.05) is 25.7 Å². The normalized spacial score (nSPS) is 16.4. The van der Waals surface area contributed by atoms with Gasteiger partial charge in [-0.25, -0.2) is 0 Å². The molecule has 2 N–H and O–H groups in total. The smallest absolute Gasteiger partial charge is 0.230 e. The fourth-order valence-corrected chi connectivity index (χ4v) is 2.77. The molecule has 0 radical (unpaired) electrons. The highest BCUT2D eigenvalue weighted by Crippen LogP contribution is 2.41. The highest BCUT2D eigenvalue weighted by atomic mass is 16.5. The Kier molecular flexibility index (Phi) is 4.65. The summed E-state index contributed by atoms with van der Waals surface area (Å²) in [5.41, 5.74) is 6.53. The first-order valence-corrected chi connectivity index (χ1v) is 7.29. The predicted molar refractivity (Wildman–Crippen MR) is 79.4 cm³/mol. The summed E-state index contributed by atoms with van der Waals surface area (Å²) in [6.07, 6.45) is 2.94. The summed E-state index contributed by atoms with van der Waals surface area (Å²) in [4.78, 5) is 14.3. The van der Waals surface area contributed by atoms with Crippen molar-refractivity contribution in [3.8, 4) is 5.75 Å². The minimum Gasteiger partial charge on any atom is -0.494 e. The van der Waals surface area contributed by atoms with Gasteiger partial charge in [0.25, 0.3) is 0 Å². The van der Waals surface area contributed by atoms with Crippen LogP contribution in [0.4, 0.5) is 0 Å². The maximum absolute atomic E-state index is 12.6. The van der Waals surface area contributed by atoms with Crippen molar-refractivity contribution in [2.24, 2.45) is 11.1 Å². The molecule has 1 amide bonds. The van der Waals surface area contributed by atoms with E-state index in [4.69, 9.17) is 10.5 Å². The Hall–Kier alpha value is -1.55. The lowest BCUT2D eigenvalue weighted by Gasteiger charge is -2.41. The number of hydrogen-bond donors (Lipinski definition) is 1. The topological polar surface area (TPSA) is 55.6 Å². The fraction of sp³-hybridized carbons (Fsp3) is 0.562. The lowest BCUT2D eigenvalue weighted by atomic mass is 9.68. The first kappa shape index (κ1) is 14.9. The number of carbonyl (C=O) groups is 1. The zero-order valence-corrected chi connectivity index (χ0v) is 12.4. The highest BCUT2D eigenvalue weighted by Gasteiger charge is 2.44. The maximum Gasteiger partial charge on any atom is 0.230 e. The van der Waals surface area contributed by atoms with Gasteiger partial charge >= 0.3 is 0 Å². The largest absolute Gasteiger partial charge is 0.494 e. The molecule has 1 aromatic rings. The third-order valence-electron chi connectivity index (χ3n) is 4.18. The predicted octanol–water partition coefficient (Wildman–Crippen LogP) is 2.17. The van der Waals surface area contributed by atoms with Crippen LogP contribution >= 0.6 is 0 Å². The number of carbonyl (C=O) groups excluding carboxylic acids is 1. The maximum atomic E-state index is 12.6. The minimum absolute atomic E-state index is 0.164. The van der Waals surface area contributed by atoms with E-state index < -0.39 is 0 Å². The number of amides is 1. The van der Waals surface area contributed by atoms with Crippen LogP contribution in [0.25, 0.3) is 0 Å². The van der Waals surface area contributed by atoms with Gasteiger partial charge in [0.2, 0.25) is 5.91 Å². The molecule has 0 bridgehead atoms. The summed E-state index contributed by atoms with van der Waals surface area (Å²) in [5, 5.41) is 0. The lowest BCUT2D eigenvalue weighted by molar-refractivity contribution is -0.145. The van der Waals surface area contributed by atoms with E-state index in [0.717, 1.165) is 30.6 Å². The summed E-state index contributed by atoms with van der Waals surface area (Å²) in [5.74, 6) is 1.02. The van der Waals surface area contributed by atoms with Gasteiger partial charge in [0.05, 0.1) is 12.0 Å². The van der Waals surface area contributed by atoms with Crippen molar-refractivity contribution < 1.29 is 9.53 Å². The first-order valence-electron chi connectivity index (χ1n) is 7.29. The van der Waals surface area contributed by atoms with E-state index >= 15 is 0 Å². The Morgan fingerprint density at radius 2 is 2.10 bits per heavy atom. The second kappa shape index (κ2) is 6.27. The third kappa shape index (κ3) is 2.80. The number of nitrogens with zero attached hydrogens (tertiary/aromatic N) is 1. The van der Waals surface area contributed by atoms with Gasteiger partial charge in [0.15, 0.2) is 0 Å². The zero-order valence-electron chi connectivity index (χ0n) is 12.4. The summed E-state index contributed by atoms with van der Waals surface area (Å²) >= 11 is 0. The van der Waals surface area contributed by atoms with Gasteiger partial charge in [-0.3, -0.25) is 4.79 Å². The van der Waals surface area contributed by atoms with Crippen LogP contribution in [-0.2, 0) is 11.3 Å². The van der Waals surface area contributed by atoms with E-state index in [1.165, 1.54) is 0 Å². The van der Waals surface area contributed by atoms with Crippen molar-refractivity contribution in [1.82, 2.24) is 4.90 Å². The van der Waals surface area contributed by atoms with Crippen LogP contribution in [0, 0.1) is 5.41 Å². The zero-order chi connectivity index (χ0) is 14.6. The van der Waals surface area contributed by atoms with Gasteiger partial charge in [-0.2, -0.15) is 0 Å². The number of benzene rings is 1. The van der Waals surface area contributed by atoms with Gasteiger partial charge in [-0.1, -0.05) is 24.6 Å². The molecular formula is C16H24N2O2. The van der Waals surface area contributed by atoms with Crippen molar-refractivity contribution in [2.45, 2.75) is 32.7 Å². The minimum atomic E-state index is -0.310. The molecule has 0 unspecified atom stereocenters. The molecule has 0 heterocycles. The molecule has 110 valence electrons. The second-order valence-corrected chi connectivity index (χ2v) is 5.54. The van der Waals surface area contributed by atoms with Crippen LogP contribution in [0.3, 0.4) is 0 Å². The van der Waals surface area contributed by atoms with Crippen LogP contribution in [0.1, 0.15) is 31.7 Å². The van der Waals surface area contributed by atoms with Crippen molar-refractivity contribution in [3.63, 3.8) is 0 Å². The number of rotatable bonds is 6. The Labute approximate surface area is 120 Å². The number of hydrogen-bond acceptors (Lipinski definition) is 3. The van der Waals surface area contributed by atoms with Crippen LogP contribution in [-0.4, -0.2) is 31.0 Å². The number of ether oxygens (including phenoxy) is 1. The molecular weight excluding hydrogens is 252 g/mol. The average Bonchev–Trinajstić information content (AvgIpc) is 2.40. The monoisotopic (exact) mass is 276 g/mol. The summed E-state index contributed by atoms with van der Waals surface area (Å²) in [6, 6.07) is 7.87. The van der Waals surface area contributed by atoms with Gasteiger partial charge in [0.1, 0.15) is 5.75 Å². The Bertz CT molecular complexity index is 464. The molecule has 1 aromatic carbocycles. The molecule has 1 aliphatic rings. The Morgan fingerprint density at radius 1 is 1.40 bits per heavy atom. The molecule has 1 fully saturated rings. The van der Waals surface area contributed by atoms with Crippen LogP contribution in [0.5, 0.6) is 5.75 Å². The third-order valence-corrected chi connectivity index (χ3v) is 4.18. The number of para-hydroxylation sites is 1. The Balaban J connectivity index is 2.08. The van der Waals surface area contributed by atoms with E-state index in [1.54, 1.807) is 4.90 Å². The van der Waals surface area contributed by atoms with Crippen molar-refractivity contribution in [3.05, 3.63) is 29.8 Å². The highest BCUT2D eigenvalue weighted by molar-refractivity contribution is 5.83. The second-order valence-electron chi connectivity index (χ2n) is 5.54. The van der Waals surface area contributed by atoms with E-state index in [9.17, 15) is 4.79 Å². The molecule has 0 aliphatic heterocycles. The van der Waals surface area contributed by atoms with E-state index in [2.05, 4.69) is 0 Å². The Morgan fingerprint density at radius 3 is 2.65 bits per heavy atom. The molecule has 0 saturated heterocycles. The molecule has 2 rings (SSSR count). The van der Waals surface area contributed by atoms with Gasteiger partial charge < -0.3 is 15.4 Å². The molecule has 20 heavy (non-hydrogen) atoms. The fourth-order valence-electron chi connectivity index (χ4n) is 2.77. The standard InChI is InChI=1S/C16H24N2O2/c1-3-20-14-8-5-4-7-13(14)11-18(2)15(19)16(12-17)9-6-10-16/h4-5,7-8H,3,6,9-12,17H2,1-2H3. The summed E-state index contributed by atoms with van der Waals surface area (Å²) in [6.45, 7) is 3.60. The molecule has 0 spiro atoms. The summed E-state index contributed by atoms with van der Waals surface area (Å²) < 4.78 is 5.61. The average molecular weight is 276 g/mol. The van der Waals surface area contributed by atoms with Gasteiger partial charge in [-0.05, 0) is 25.8 Å². The molecule has 1 saturated carbocycles. The molecule has 0 atom stereocenters. The molecule has 4 heteroatoms. The SMILES string of the molecule is CCOc1ccccc1CN(C)C(=O)C1(CN)CCC1. The first-order chi connectivity index (χ1) is 9.63. The van der Waals surface area contributed by atoms with Gasteiger partial charge in [-0.15, -0.1) is 0 Å². The lowest BCUT2D eigenvalue weighted by Crippen LogP contribution is -2.50. The molecule has 4 nitrogen and oxygen atoms in total. The van der Waals surface area contributed by atoms with Crippen LogP contribution < -0.4 is 10.5 Å². The van der Waals surface area contributed by atoms with Crippen LogP contribution in [0.15, 0.2) is 24.3 Å². The summed E-state index contributed by atoms with van der Waals surface area (Å²) in [7, 11) is 1.85. The van der Waals surface area contributed by atoms with Crippen molar-refractivity contribution >= 4 is 5.91 Å².